The Morgan fingerprint density at radius 2 is 1.84 bits per heavy atom. The number of fused-ring (bicyclic) bond motifs is 1. The molecule has 0 radical (unpaired) electrons. The van der Waals surface area contributed by atoms with Crippen LogP contribution in [0.4, 0.5) is 5.69 Å². The van der Waals surface area contributed by atoms with Crippen LogP contribution in [0.2, 0.25) is 0 Å². The second-order valence-corrected chi connectivity index (χ2v) is 8.01. The maximum absolute atomic E-state index is 12.6. The fourth-order valence-electron chi connectivity index (χ4n) is 3.38. The normalized spacial score (nSPS) is 11.0. The van der Waals surface area contributed by atoms with Gasteiger partial charge in [-0.25, -0.2) is 4.98 Å². The van der Waals surface area contributed by atoms with Crippen LogP contribution >= 0.6 is 0 Å². The summed E-state index contributed by atoms with van der Waals surface area (Å²) in [6.07, 6.45) is 1.68. The van der Waals surface area contributed by atoms with Crippen LogP contribution in [0.3, 0.4) is 0 Å². The summed E-state index contributed by atoms with van der Waals surface area (Å²) in [5, 5.41) is 2.92. The van der Waals surface area contributed by atoms with Crippen LogP contribution in [0.5, 0.6) is 5.75 Å². The average Bonchev–Trinajstić information content (AvgIpc) is 2.79. The molecule has 1 amide bonds. The van der Waals surface area contributed by atoms with Gasteiger partial charge in [-0.15, -0.1) is 0 Å². The summed E-state index contributed by atoms with van der Waals surface area (Å²) >= 11 is 0. The lowest BCUT2D eigenvalue weighted by Gasteiger charge is -2.12. The SMILES string of the molecule is Cc1ccc(NC(=O)c2ccc(C(C)C)cc2)cc1OCc1cc(=O)n2ccccc2n1. The molecule has 4 rings (SSSR count). The highest BCUT2D eigenvalue weighted by molar-refractivity contribution is 6.04. The molecule has 1 N–H and O–H groups in total. The van der Waals surface area contributed by atoms with E-state index in [1.54, 1.807) is 24.4 Å². The standard InChI is InChI=1S/C26H25N3O3/c1-17(2)19-8-10-20(11-9-19)26(31)28-21-12-7-18(3)23(14-21)32-16-22-15-25(30)29-13-5-4-6-24(29)27-22/h4-15,17H,16H2,1-3H3,(H,28,31). The van der Waals surface area contributed by atoms with E-state index in [2.05, 4.69) is 24.1 Å². The molecule has 6 heteroatoms. The molecule has 6 nitrogen and oxygen atoms in total. The number of anilines is 1. The van der Waals surface area contributed by atoms with Crippen LogP contribution < -0.4 is 15.6 Å². The number of nitrogens with one attached hydrogen (secondary N) is 1. The van der Waals surface area contributed by atoms with Crippen molar-refractivity contribution in [1.29, 1.82) is 0 Å². The number of pyridine rings is 1. The molecule has 0 aliphatic heterocycles. The van der Waals surface area contributed by atoms with Crippen LogP contribution in [0.15, 0.2) is 77.7 Å². The summed E-state index contributed by atoms with van der Waals surface area (Å²) in [6.45, 7) is 6.31. The zero-order valence-corrected chi connectivity index (χ0v) is 18.3. The van der Waals surface area contributed by atoms with Crippen molar-refractivity contribution in [2.45, 2.75) is 33.3 Å². The third kappa shape index (κ3) is 4.70. The highest BCUT2D eigenvalue weighted by Gasteiger charge is 2.10. The number of hydrogen-bond donors (Lipinski definition) is 1. The monoisotopic (exact) mass is 427 g/mol. The first-order chi connectivity index (χ1) is 15.4. The highest BCUT2D eigenvalue weighted by atomic mass is 16.5. The zero-order chi connectivity index (χ0) is 22.7. The van der Waals surface area contributed by atoms with Crippen LogP contribution in [-0.2, 0) is 6.61 Å². The lowest BCUT2D eigenvalue weighted by molar-refractivity contribution is 0.102. The Morgan fingerprint density at radius 3 is 2.59 bits per heavy atom. The van der Waals surface area contributed by atoms with Crippen molar-refractivity contribution in [1.82, 2.24) is 9.38 Å². The molecule has 0 fully saturated rings. The molecule has 0 saturated heterocycles. The number of nitrogens with zero attached hydrogens (tertiary/aromatic N) is 2. The van der Waals surface area contributed by atoms with Crippen molar-refractivity contribution < 1.29 is 9.53 Å². The largest absolute Gasteiger partial charge is 0.487 e. The van der Waals surface area contributed by atoms with E-state index in [-0.39, 0.29) is 18.1 Å². The van der Waals surface area contributed by atoms with E-state index in [0.717, 1.165) is 5.56 Å². The number of rotatable bonds is 6. The Bertz CT molecular complexity index is 1320. The summed E-state index contributed by atoms with van der Waals surface area (Å²) in [6, 6.07) is 20.0. The quantitative estimate of drug-likeness (QED) is 0.472. The maximum atomic E-state index is 12.6. The third-order valence-corrected chi connectivity index (χ3v) is 5.29. The minimum absolute atomic E-state index is 0.148. The number of carbonyl (C=O) groups is 1. The molecule has 4 aromatic rings. The summed E-state index contributed by atoms with van der Waals surface area (Å²) in [7, 11) is 0. The molecule has 32 heavy (non-hydrogen) atoms. The van der Waals surface area contributed by atoms with E-state index < -0.39 is 0 Å². The van der Waals surface area contributed by atoms with E-state index in [9.17, 15) is 9.59 Å². The zero-order valence-electron chi connectivity index (χ0n) is 18.3. The van der Waals surface area contributed by atoms with Gasteiger partial charge < -0.3 is 10.1 Å². The lowest BCUT2D eigenvalue weighted by atomic mass is 10.0. The molecule has 2 heterocycles. The first-order valence-corrected chi connectivity index (χ1v) is 10.5. The van der Waals surface area contributed by atoms with E-state index in [1.807, 2.05) is 49.4 Å². The predicted molar refractivity (Wildman–Crippen MR) is 125 cm³/mol. The van der Waals surface area contributed by atoms with Crippen LogP contribution in [0, 0.1) is 6.92 Å². The van der Waals surface area contributed by atoms with E-state index in [0.29, 0.717) is 34.3 Å². The lowest BCUT2D eigenvalue weighted by Crippen LogP contribution is -2.16. The molecule has 2 aromatic carbocycles. The molecule has 0 bridgehead atoms. The number of benzene rings is 2. The molecule has 0 atom stereocenters. The smallest absolute Gasteiger partial charge is 0.258 e. The van der Waals surface area contributed by atoms with Gasteiger partial charge in [-0.2, -0.15) is 0 Å². The number of hydrogen-bond acceptors (Lipinski definition) is 4. The maximum Gasteiger partial charge on any atom is 0.258 e. The second kappa shape index (κ2) is 9.06. The molecule has 0 saturated carbocycles. The topological polar surface area (TPSA) is 72.7 Å². The minimum Gasteiger partial charge on any atom is -0.487 e. The van der Waals surface area contributed by atoms with Crippen LogP contribution in [0.25, 0.3) is 5.65 Å². The molecule has 0 unspecified atom stereocenters. The summed E-state index contributed by atoms with van der Waals surface area (Å²) < 4.78 is 7.42. The highest BCUT2D eigenvalue weighted by Crippen LogP contribution is 2.24. The van der Waals surface area contributed by atoms with Crippen molar-refractivity contribution >= 4 is 17.2 Å². The van der Waals surface area contributed by atoms with Gasteiger partial charge in [0.05, 0.1) is 5.69 Å². The fraction of sp³-hybridized carbons (Fsp3) is 0.192. The third-order valence-electron chi connectivity index (χ3n) is 5.29. The molecule has 2 aromatic heterocycles. The molecular formula is C26H25N3O3. The van der Waals surface area contributed by atoms with Gasteiger partial charge in [0.25, 0.3) is 11.5 Å². The second-order valence-electron chi connectivity index (χ2n) is 8.01. The fourth-order valence-corrected chi connectivity index (χ4v) is 3.38. The molecule has 0 spiro atoms. The van der Waals surface area contributed by atoms with E-state index in [4.69, 9.17) is 4.74 Å². The van der Waals surface area contributed by atoms with Gasteiger partial charge in [0.15, 0.2) is 0 Å². The van der Waals surface area contributed by atoms with Gasteiger partial charge in [-0.05, 0) is 54.3 Å². The Kier molecular flexibility index (Phi) is 6.03. The average molecular weight is 428 g/mol. The number of carbonyl (C=O) groups excluding carboxylic acids is 1. The van der Waals surface area contributed by atoms with Gasteiger partial charge >= 0.3 is 0 Å². The molecule has 0 aliphatic carbocycles. The Labute approximate surface area is 186 Å². The summed E-state index contributed by atoms with van der Waals surface area (Å²) in [5.41, 5.74) is 4.29. The van der Waals surface area contributed by atoms with Crippen molar-refractivity contribution in [2.24, 2.45) is 0 Å². The molecule has 0 aliphatic rings. The Hall–Kier alpha value is -3.93. The molecular weight excluding hydrogens is 402 g/mol. The number of aromatic nitrogens is 2. The van der Waals surface area contributed by atoms with Crippen LogP contribution in [0.1, 0.15) is 46.9 Å². The first-order valence-electron chi connectivity index (χ1n) is 10.5. The first kappa shape index (κ1) is 21.3. The summed E-state index contributed by atoms with van der Waals surface area (Å²) in [5.74, 6) is 0.852. The van der Waals surface area contributed by atoms with Crippen molar-refractivity contribution in [2.75, 3.05) is 5.32 Å². The Morgan fingerprint density at radius 1 is 1.06 bits per heavy atom. The summed E-state index contributed by atoms with van der Waals surface area (Å²) in [4.78, 5) is 29.4. The van der Waals surface area contributed by atoms with E-state index >= 15 is 0 Å². The van der Waals surface area contributed by atoms with E-state index in [1.165, 1.54) is 16.0 Å². The van der Waals surface area contributed by atoms with Gasteiger partial charge in [0.1, 0.15) is 18.0 Å². The van der Waals surface area contributed by atoms with Crippen molar-refractivity contribution in [3.05, 3.63) is 106 Å². The number of ether oxygens (including phenoxy) is 1. The van der Waals surface area contributed by atoms with Crippen molar-refractivity contribution in [3.8, 4) is 5.75 Å². The number of aryl methyl sites for hydroxylation is 1. The van der Waals surface area contributed by atoms with Gasteiger partial charge in [-0.3, -0.25) is 14.0 Å². The van der Waals surface area contributed by atoms with Crippen molar-refractivity contribution in [3.63, 3.8) is 0 Å². The van der Waals surface area contributed by atoms with Crippen LogP contribution in [-0.4, -0.2) is 15.3 Å². The van der Waals surface area contributed by atoms with Gasteiger partial charge in [-0.1, -0.05) is 38.1 Å². The predicted octanol–water partition coefficient (Wildman–Crippen LogP) is 4.96. The number of amides is 1. The Balaban J connectivity index is 1.48. The van der Waals surface area contributed by atoms with Gasteiger partial charge in [0, 0.05) is 29.6 Å². The minimum atomic E-state index is -0.181. The molecule has 162 valence electrons. The van der Waals surface area contributed by atoms with Gasteiger partial charge in [0.2, 0.25) is 0 Å².